The Kier molecular flexibility index (Phi) is 3.72. The van der Waals surface area contributed by atoms with Gasteiger partial charge >= 0.3 is 0 Å². The minimum absolute atomic E-state index is 0.137. The van der Waals surface area contributed by atoms with Gasteiger partial charge in [0.1, 0.15) is 12.2 Å². The van der Waals surface area contributed by atoms with E-state index in [1.807, 2.05) is 0 Å². The molecule has 0 aliphatic carbocycles. The first-order chi connectivity index (χ1) is 8.18. The first-order valence-electron chi connectivity index (χ1n) is 5.44. The molecule has 3 atom stereocenters. The van der Waals surface area contributed by atoms with Crippen LogP contribution in [0.2, 0.25) is 0 Å². The smallest absolute Gasteiger partial charge is 0.287 e. The van der Waals surface area contributed by atoms with Crippen LogP contribution in [0.5, 0.6) is 0 Å². The third-order valence-corrected chi connectivity index (χ3v) is 2.70. The number of rotatable bonds is 3. The second-order valence-electron chi connectivity index (χ2n) is 3.90. The summed E-state index contributed by atoms with van der Waals surface area (Å²) in [6, 6.07) is 0. The van der Waals surface area contributed by atoms with E-state index in [9.17, 15) is 15.0 Å². The van der Waals surface area contributed by atoms with Crippen LogP contribution in [0, 0.1) is 0 Å². The van der Waals surface area contributed by atoms with Crippen LogP contribution in [0.15, 0.2) is 12.4 Å². The highest BCUT2D eigenvalue weighted by Gasteiger charge is 2.31. The number of hydrogen-bond donors (Lipinski definition) is 4. The predicted octanol–water partition coefficient (Wildman–Crippen LogP) is -1.35. The van der Waals surface area contributed by atoms with Crippen LogP contribution in [0.4, 0.5) is 0 Å². The number of ether oxygens (including phenoxy) is 1. The van der Waals surface area contributed by atoms with Gasteiger partial charge in [-0.15, -0.1) is 0 Å². The van der Waals surface area contributed by atoms with Gasteiger partial charge in [0.15, 0.2) is 5.82 Å². The largest absolute Gasteiger partial charge is 0.390 e. The minimum atomic E-state index is -0.972. The van der Waals surface area contributed by atoms with Crippen molar-refractivity contribution in [2.24, 2.45) is 0 Å². The fourth-order valence-corrected chi connectivity index (χ4v) is 1.70. The zero-order valence-electron chi connectivity index (χ0n) is 9.17. The fraction of sp³-hybridized carbons (Fsp3) is 0.600. The maximum atomic E-state index is 11.5. The molecule has 94 valence electrons. The lowest BCUT2D eigenvalue weighted by Crippen LogP contribution is -2.50. The maximum Gasteiger partial charge on any atom is 0.287 e. The predicted molar refractivity (Wildman–Crippen MR) is 57.3 cm³/mol. The molecule has 17 heavy (non-hydrogen) atoms. The molecule has 0 bridgehead atoms. The summed E-state index contributed by atoms with van der Waals surface area (Å²) in [6.07, 6.45) is 1.08. The van der Waals surface area contributed by atoms with Gasteiger partial charge in [0.25, 0.3) is 5.91 Å². The fourth-order valence-electron chi connectivity index (χ4n) is 1.70. The molecule has 1 fully saturated rings. The molecule has 0 aromatic carbocycles. The van der Waals surface area contributed by atoms with Crippen LogP contribution >= 0.6 is 0 Å². The van der Waals surface area contributed by atoms with E-state index in [2.05, 4.69) is 15.3 Å². The normalized spacial score (nSPS) is 28.9. The first-order valence-corrected chi connectivity index (χ1v) is 5.44. The van der Waals surface area contributed by atoms with Gasteiger partial charge in [0.05, 0.1) is 6.10 Å². The van der Waals surface area contributed by atoms with E-state index < -0.39 is 18.3 Å². The summed E-state index contributed by atoms with van der Waals surface area (Å²) in [5, 5.41) is 21.6. The Hall–Kier alpha value is -1.44. The maximum absolute atomic E-state index is 11.5. The van der Waals surface area contributed by atoms with Crippen LogP contribution in [-0.4, -0.2) is 57.6 Å². The van der Waals surface area contributed by atoms with Crippen LogP contribution in [0.1, 0.15) is 17.0 Å². The summed E-state index contributed by atoms with van der Waals surface area (Å²) < 4.78 is 5.27. The van der Waals surface area contributed by atoms with Gasteiger partial charge in [0, 0.05) is 25.5 Å². The van der Waals surface area contributed by atoms with Crippen molar-refractivity contribution < 1.29 is 19.7 Å². The lowest BCUT2D eigenvalue weighted by Gasteiger charge is -2.31. The minimum Gasteiger partial charge on any atom is -0.390 e. The van der Waals surface area contributed by atoms with Crippen LogP contribution < -0.4 is 5.32 Å². The highest BCUT2D eigenvalue weighted by atomic mass is 16.5. The van der Waals surface area contributed by atoms with Crippen LogP contribution in [0.25, 0.3) is 0 Å². The number of hydrogen-bond acceptors (Lipinski definition) is 5. The third kappa shape index (κ3) is 2.82. The summed E-state index contributed by atoms with van der Waals surface area (Å²) in [4.78, 5) is 18.0. The first kappa shape index (κ1) is 12.0. The summed E-state index contributed by atoms with van der Waals surface area (Å²) in [5.74, 6) is -0.165. The van der Waals surface area contributed by atoms with Gasteiger partial charge in [-0.25, -0.2) is 4.98 Å². The van der Waals surface area contributed by atoms with Crippen molar-refractivity contribution in [3.8, 4) is 0 Å². The third-order valence-electron chi connectivity index (χ3n) is 2.70. The Morgan fingerprint density at radius 1 is 1.65 bits per heavy atom. The molecular weight excluding hydrogens is 226 g/mol. The van der Waals surface area contributed by atoms with Crippen LogP contribution in [-0.2, 0) is 4.74 Å². The van der Waals surface area contributed by atoms with Gasteiger partial charge in [-0.3, -0.25) is 4.79 Å². The lowest BCUT2D eigenvalue weighted by molar-refractivity contribution is -0.132. The number of imidazole rings is 1. The number of aliphatic hydroxyl groups is 2. The molecule has 7 heteroatoms. The van der Waals surface area contributed by atoms with Crippen molar-refractivity contribution in [3.05, 3.63) is 18.2 Å². The van der Waals surface area contributed by atoms with E-state index in [1.165, 1.54) is 6.20 Å². The van der Waals surface area contributed by atoms with Crippen molar-refractivity contribution in [1.29, 1.82) is 0 Å². The SMILES string of the molecule is O=C(NCC1OCCC(O)C1O)c1ncc[nH]1. The summed E-state index contributed by atoms with van der Waals surface area (Å²) >= 11 is 0. The molecule has 2 heterocycles. The molecule has 3 unspecified atom stereocenters. The van der Waals surface area contributed by atoms with E-state index >= 15 is 0 Å². The average molecular weight is 241 g/mol. The Bertz CT molecular complexity index is 368. The molecule has 1 amide bonds. The number of aromatic nitrogens is 2. The number of amides is 1. The van der Waals surface area contributed by atoms with Crippen molar-refractivity contribution in [3.63, 3.8) is 0 Å². The molecule has 1 aliphatic heterocycles. The topological polar surface area (TPSA) is 107 Å². The van der Waals surface area contributed by atoms with Gasteiger partial charge in [-0.05, 0) is 6.42 Å². The second-order valence-corrected chi connectivity index (χ2v) is 3.90. The molecular formula is C10H15N3O4. The number of H-pyrrole nitrogens is 1. The zero-order valence-corrected chi connectivity index (χ0v) is 9.17. The van der Waals surface area contributed by atoms with E-state index in [1.54, 1.807) is 6.20 Å². The number of carbonyl (C=O) groups is 1. The number of nitrogens with one attached hydrogen (secondary N) is 2. The standard InChI is InChI=1S/C10H15N3O4/c14-6-1-4-17-7(8(6)15)5-13-10(16)9-11-2-3-12-9/h2-3,6-8,14-15H,1,4-5H2,(H,11,12)(H,13,16). The number of nitrogens with zero attached hydrogens (tertiary/aromatic N) is 1. The molecule has 0 radical (unpaired) electrons. The summed E-state index contributed by atoms with van der Waals surface area (Å²) in [5.41, 5.74) is 0. The van der Waals surface area contributed by atoms with Gasteiger partial charge < -0.3 is 25.3 Å². The van der Waals surface area contributed by atoms with E-state index in [-0.39, 0.29) is 18.3 Å². The summed E-state index contributed by atoms with van der Waals surface area (Å²) in [7, 11) is 0. The summed E-state index contributed by atoms with van der Waals surface area (Å²) in [6.45, 7) is 0.511. The van der Waals surface area contributed by atoms with E-state index in [4.69, 9.17) is 4.74 Å². The monoisotopic (exact) mass is 241 g/mol. The molecule has 1 aromatic rings. The molecule has 7 nitrogen and oxygen atoms in total. The van der Waals surface area contributed by atoms with E-state index in [0.717, 1.165) is 0 Å². The lowest BCUT2D eigenvalue weighted by atomic mass is 10.0. The Morgan fingerprint density at radius 2 is 2.47 bits per heavy atom. The highest BCUT2D eigenvalue weighted by Crippen LogP contribution is 2.14. The van der Waals surface area contributed by atoms with E-state index in [0.29, 0.717) is 13.0 Å². The van der Waals surface area contributed by atoms with Crippen molar-refractivity contribution in [2.45, 2.75) is 24.7 Å². The number of carbonyl (C=O) groups excluding carboxylic acids is 1. The van der Waals surface area contributed by atoms with Gasteiger partial charge in [-0.2, -0.15) is 0 Å². The number of aromatic amines is 1. The highest BCUT2D eigenvalue weighted by molar-refractivity contribution is 5.90. The Labute approximate surface area is 97.8 Å². The van der Waals surface area contributed by atoms with Crippen molar-refractivity contribution in [1.82, 2.24) is 15.3 Å². The molecule has 1 aliphatic rings. The molecule has 0 saturated carbocycles. The van der Waals surface area contributed by atoms with Crippen molar-refractivity contribution in [2.75, 3.05) is 13.2 Å². The zero-order chi connectivity index (χ0) is 12.3. The molecule has 1 saturated heterocycles. The molecule has 0 spiro atoms. The van der Waals surface area contributed by atoms with Gasteiger partial charge in [0.2, 0.25) is 0 Å². The molecule has 2 rings (SSSR count). The molecule has 4 N–H and O–H groups in total. The Morgan fingerprint density at radius 3 is 3.18 bits per heavy atom. The second kappa shape index (κ2) is 5.26. The quantitative estimate of drug-likeness (QED) is 0.523. The van der Waals surface area contributed by atoms with Crippen LogP contribution in [0.3, 0.4) is 0 Å². The Balaban J connectivity index is 1.83. The average Bonchev–Trinajstić information content (AvgIpc) is 2.84. The van der Waals surface area contributed by atoms with Crippen molar-refractivity contribution >= 4 is 5.91 Å². The van der Waals surface area contributed by atoms with Gasteiger partial charge in [-0.1, -0.05) is 0 Å². The molecule has 1 aromatic heterocycles. The number of aliphatic hydroxyl groups excluding tert-OH is 2.